The van der Waals surface area contributed by atoms with Crippen LogP contribution in [0, 0.1) is 0 Å². The molecule has 1 rings (SSSR count). The highest BCUT2D eigenvalue weighted by molar-refractivity contribution is 7.89. The van der Waals surface area contributed by atoms with Crippen molar-refractivity contribution in [3.05, 3.63) is 29.8 Å². The second-order valence-corrected chi connectivity index (χ2v) is 5.98. The Morgan fingerprint density at radius 3 is 2.41 bits per heavy atom. The van der Waals surface area contributed by atoms with Gasteiger partial charge in [0.2, 0.25) is 10.0 Å². The van der Waals surface area contributed by atoms with Crippen LogP contribution < -0.4 is 4.72 Å². The zero-order valence-corrected chi connectivity index (χ0v) is 11.5. The summed E-state index contributed by atoms with van der Waals surface area (Å²) in [5, 5.41) is 0. The first-order chi connectivity index (χ1) is 8.10. The van der Waals surface area contributed by atoms with Crippen molar-refractivity contribution < 1.29 is 8.42 Å². The van der Waals surface area contributed by atoms with Gasteiger partial charge in [0, 0.05) is 12.4 Å². The Kier molecular flexibility index (Phi) is 5.95. The number of hydrogen-bond donors (Lipinski definition) is 1. The van der Waals surface area contributed by atoms with Gasteiger partial charge in [-0.1, -0.05) is 25.5 Å². The molecule has 1 aromatic rings. The van der Waals surface area contributed by atoms with E-state index in [0.717, 1.165) is 18.4 Å². The van der Waals surface area contributed by atoms with E-state index in [1.54, 1.807) is 12.1 Å². The molecule has 1 aromatic carbocycles. The topological polar surface area (TPSA) is 46.2 Å². The molecule has 0 heterocycles. The predicted molar refractivity (Wildman–Crippen MR) is 71.0 cm³/mol. The van der Waals surface area contributed by atoms with Crippen molar-refractivity contribution in [3.8, 4) is 0 Å². The lowest BCUT2D eigenvalue weighted by atomic mass is 10.1. The summed E-state index contributed by atoms with van der Waals surface area (Å²) in [7, 11) is -3.37. The van der Waals surface area contributed by atoms with Crippen LogP contribution in [0.2, 0.25) is 0 Å². The van der Waals surface area contributed by atoms with Gasteiger partial charge in [-0.25, -0.2) is 13.1 Å². The lowest BCUT2D eigenvalue weighted by molar-refractivity contribution is 0.581. The monoisotopic (exact) mass is 275 g/mol. The molecule has 0 atom stereocenters. The molecule has 17 heavy (non-hydrogen) atoms. The van der Waals surface area contributed by atoms with Crippen LogP contribution in [-0.4, -0.2) is 20.8 Å². The molecule has 0 aromatic heterocycles. The summed E-state index contributed by atoms with van der Waals surface area (Å²) in [5.41, 5.74) is 1.16. The molecule has 96 valence electrons. The van der Waals surface area contributed by atoms with E-state index < -0.39 is 10.0 Å². The van der Waals surface area contributed by atoms with Crippen molar-refractivity contribution in [2.75, 3.05) is 12.4 Å². The zero-order chi connectivity index (χ0) is 12.7. The maximum Gasteiger partial charge on any atom is 0.240 e. The van der Waals surface area contributed by atoms with Crippen LogP contribution in [0.15, 0.2) is 29.2 Å². The molecule has 5 heteroatoms. The standard InChI is InChI=1S/C12H18ClNO2S/c1-2-4-11-5-7-12(8-6-11)17(15,16)14-10-3-9-13/h5-8,14H,2-4,9-10H2,1H3. The fourth-order valence-corrected chi connectivity index (χ4v) is 2.69. The van der Waals surface area contributed by atoms with Gasteiger partial charge in [0.25, 0.3) is 0 Å². The van der Waals surface area contributed by atoms with E-state index in [2.05, 4.69) is 11.6 Å². The van der Waals surface area contributed by atoms with E-state index in [9.17, 15) is 8.42 Å². The number of sulfonamides is 1. The number of benzene rings is 1. The fraction of sp³-hybridized carbons (Fsp3) is 0.500. The first-order valence-corrected chi connectivity index (χ1v) is 7.76. The zero-order valence-electron chi connectivity index (χ0n) is 9.95. The molecule has 0 saturated heterocycles. The summed E-state index contributed by atoms with van der Waals surface area (Å²) < 4.78 is 26.2. The minimum Gasteiger partial charge on any atom is -0.211 e. The largest absolute Gasteiger partial charge is 0.240 e. The van der Waals surface area contributed by atoms with Crippen LogP contribution >= 0.6 is 11.6 Å². The molecule has 0 amide bonds. The number of aryl methyl sites for hydroxylation is 1. The van der Waals surface area contributed by atoms with Crippen molar-refractivity contribution in [2.24, 2.45) is 0 Å². The summed E-state index contributed by atoms with van der Waals surface area (Å²) in [6.07, 6.45) is 2.66. The molecule has 0 radical (unpaired) electrons. The van der Waals surface area contributed by atoms with Crippen LogP contribution in [-0.2, 0) is 16.4 Å². The van der Waals surface area contributed by atoms with Gasteiger partial charge < -0.3 is 0 Å². The van der Waals surface area contributed by atoms with Gasteiger partial charge in [-0.3, -0.25) is 0 Å². The molecule has 0 aliphatic rings. The molecule has 0 fully saturated rings. The third-order valence-electron chi connectivity index (χ3n) is 2.37. The van der Waals surface area contributed by atoms with Crippen LogP contribution in [0.1, 0.15) is 25.3 Å². The van der Waals surface area contributed by atoms with Gasteiger partial charge in [-0.2, -0.15) is 0 Å². The Balaban J connectivity index is 2.71. The van der Waals surface area contributed by atoms with Gasteiger partial charge in [0.05, 0.1) is 4.90 Å². The maximum atomic E-state index is 11.8. The third-order valence-corrected chi connectivity index (χ3v) is 4.12. The predicted octanol–water partition coefficient (Wildman–Crippen LogP) is 2.55. The summed E-state index contributed by atoms with van der Waals surface area (Å²) in [4.78, 5) is 0.312. The maximum absolute atomic E-state index is 11.8. The molecule has 1 N–H and O–H groups in total. The van der Waals surface area contributed by atoms with Crippen molar-refractivity contribution in [3.63, 3.8) is 0 Å². The van der Waals surface area contributed by atoms with Crippen LogP contribution in [0.4, 0.5) is 0 Å². The lowest BCUT2D eigenvalue weighted by Crippen LogP contribution is -2.25. The Labute approximate surface area is 108 Å². The first-order valence-electron chi connectivity index (χ1n) is 5.74. The van der Waals surface area contributed by atoms with Crippen LogP contribution in [0.25, 0.3) is 0 Å². The number of hydrogen-bond acceptors (Lipinski definition) is 2. The second-order valence-electron chi connectivity index (χ2n) is 3.83. The molecule has 0 saturated carbocycles. The van der Waals surface area contributed by atoms with Gasteiger partial charge >= 0.3 is 0 Å². The Morgan fingerprint density at radius 2 is 1.88 bits per heavy atom. The SMILES string of the molecule is CCCc1ccc(S(=O)(=O)NCCCCl)cc1. The molecular weight excluding hydrogens is 258 g/mol. The number of alkyl halides is 1. The number of nitrogens with one attached hydrogen (secondary N) is 1. The minimum absolute atomic E-state index is 0.312. The van der Waals surface area contributed by atoms with E-state index >= 15 is 0 Å². The number of halogens is 1. The van der Waals surface area contributed by atoms with Crippen molar-refractivity contribution >= 4 is 21.6 Å². The molecule has 0 unspecified atom stereocenters. The van der Waals surface area contributed by atoms with E-state index in [-0.39, 0.29) is 0 Å². The highest BCUT2D eigenvalue weighted by Crippen LogP contribution is 2.11. The quantitative estimate of drug-likeness (QED) is 0.614. The van der Waals surface area contributed by atoms with E-state index in [1.807, 2.05) is 12.1 Å². The van der Waals surface area contributed by atoms with Crippen LogP contribution in [0.3, 0.4) is 0 Å². The highest BCUT2D eigenvalue weighted by Gasteiger charge is 2.12. The van der Waals surface area contributed by atoms with E-state index in [4.69, 9.17) is 11.6 Å². The lowest BCUT2D eigenvalue weighted by Gasteiger charge is -2.06. The summed E-state index contributed by atoms with van der Waals surface area (Å²) in [5.74, 6) is 0.456. The second kappa shape index (κ2) is 6.99. The van der Waals surface area contributed by atoms with Crippen molar-refractivity contribution in [1.82, 2.24) is 4.72 Å². The van der Waals surface area contributed by atoms with E-state index in [1.165, 1.54) is 0 Å². The Hall–Kier alpha value is -0.580. The van der Waals surface area contributed by atoms with Gasteiger partial charge in [-0.05, 0) is 30.5 Å². The fourth-order valence-electron chi connectivity index (χ4n) is 1.48. The number of rotatable bonds is 7. The molecule has 0 aliphatic heterocycles. The first kappa shape index (κ1) is 14.5. The van der Waals surface area contributed by atoms with E-state index in [0.29, 0.717) is 23.7 Å². The average molecular weight is 276 g/mol. The van der Waals surface area contributed by atoms with Crippen molar-refractivity contribution in [1.29, 1.82) is 0 Å². The summed E-state index contributed by atoms with van der Waals surface area (Å²) >= 11 is 5.50. The summed E-state index contributed by atoms with van der Waals surface area (Å²) in [6, 6.07) is 7.02. The molecule has 0 aliphatic carbocycles. The minimum atomic E-state index is -3.37. The third kappa shape index (κ3) is 4.66. The Morgan fingerprint density at radius 1 is 1.24 bits per heavy atom. The van der Waals surface area contributed by atoms with Gasteiger partial charge in [0.1, 0.15) is 0 Å². The smallest absolute Gasteiger partial charge is 0.211 e. The molecule has 3 nitrogen and oxygen atoms in total. The van der Waals surface area contributed by atoms with Gasteiger partial charge in [-0.15, -0.1) is 11.6 Å². The summed E-state index contributed by atoms with van der Waals surface area (Å²) in [6.45, 7) is 2.47. The van der Waals surface area contributed by atoms with Crippen molar-refractivity contribution in [2.45, 2.75) is 31.1 Å². The van der Waals surface area contributed by atoms with Crippen LogP contribution in [0.5, 0.6) is 0 Å². The normalized spacial score (nSPS) is 11.6. The van der Waals surface area contributed by atoms with Gasteiger partial charge in [0.15, 0.2) is 0 Å². The molecule has 0 spiro atoms. The molecular formula is C12H18ClNO2S. The highest BCUT2D eigenvalue weighted by atomic mass is 35.5. The Bertz CT molecular complexity index is 428. The average Bonchev–Trinajstić information content (AvgIpc) is 2.30. The molecule has 0 bridgehead atoms.